The lowest BCUT2D eigenvalue weighted by atomic mass is 10.2. The van der Waals surface area contributed by atoms with Crippen molar-refractivity contribution in [2.75, 3.05) is 11.3 Å². The van der Waals surface area contributed by atoms with Gasteiger partial charge in [0.15, 0.2) is 0 Å². The average Bonchev–Trinajstić information content (AvgIpc) is 2.53. The quantitative estimate of drug-likeness (QED) is 0.798. The molecule has 0 amide bonds. The molecule has 24 heavy (non-hydrogen) atoms. The van der Waals surface area contributed by atoms with Crippen molar-refractivity contribution in [1.29, 1.82) is 0 Å². The summed E-state index contributed by atoms with van der Waals surface area (Å²) in [4.78, 5) is 10.9. The molecule has 128 valence electrons. The molecule has 0 atom stereocenters. The fraction of sp³-hybridized carbons (Fsp3) is 0.188. The minimum atomic E-state index is -4.01. The molecule has 6 nitrogen and oxygen atoms in total. The maximum atomic E-state index is 12.9. The Hall–Kier alpha value is -2.61. The number of benzene rings is 2. The van der Waals surface area contributed by atoms with Crippen molar-refractivity contribution in [3.63, 3.8) is 0 Å². The third-order valence-corrected chi connectivity index (χ3v) is 4.44. The highest BCUT2D eigenvalue weighted by molar-refractivity contribution is 7.92. The van der Waals surface area contributed by atoms with E-state index in [-0.39, 0.29) is 21.9 Å². The number of aromatic carboxylic acids is 1. The molecule has 0 spiro atoms. The molecule has 0 saturated heterocycles. The van der Waals surface area contributed by atoms with Crippen LogP contribution >= 0.6 is 0 Å². The first-order chi connectivity index (χ1) is 11.3. The van der Waals surface area contributed by atoms with Gasteiger partial charge >= 0.3 is 5.97 Å². The van der Waals surface area contributed by atoms with E-state index in [0.717, 1.165) is 24.3 Å². The van der Waals surface area contributed by atoms with Crippen molar-refractivity contribution >= 4 is 21.7 Å². The fourth-order valence-corrected chi connectivity index (χ4v) is 2.96. The third kappa shape index (κ3) is 4.23. The average molecular weight is 353 g/mol. The molecule has 2 N–H and O–H groups in total. The van der Waals surface area contributed by atoms with Crippen LogP contribution in [0.15, 0.2) is 47.4 Å². The molecule has 0 aromatic heterocycles. The van der Waals surface area contributed by atoms with Gasteiger partial charge in [0.25, 0.3) is 10.0 Å². The topological polar surface area (TPSA) is 92.7 Å². The summed E-state index contributed by atoms with van der Waals surface area (Å²) in [5.41, 5.74) is -0.0803. The zero-order valence-electron chi connectivity index (χ0n) is 12.8. The minimum Gasteiger partial charge on any atom is -0.491 e. The van der Waals surface area contributed by atoms with Crippen LogP contribution in [0, 0.1) is 5.82 Å². The van der Waals surface area contributed by atoms with Gasteiger partial charge in [0.2, 0.25) is 0 Å². The summed E-state index contributed by atoms with van der Waals surface area (Å²) >= 11 is 0. The Balaban J connectivity index is 2.39. The van der Waals surface area contributed by atoms with Gasteiger partial charge in [-0.3, -0.25) is 4.72 Å². The number of nitrogens with one attached hydrogen (secondary N) is 1. The molecule has 0 saturated carbocycles. The summed E-state index contributed by atoms with van der Waals surface area (Å²) in [6, 6.07) is 8.17. The lowest BCUT2D eigenvalue weighted by Gasteiger charge is -2.14. The number of halogens is 1. The van der Waals surface area contributed by atoms with Crippen LogP contribution in [-0.4, -0.2) is 26.1 Å². The Morgan fingerprint density at radius 1 is 1.21 bits per heavy atom. The molecule has 0 heterocycles. The molecule has 2 aromatic rings. The summed E-state index contributed by atoms with van der Waals surface area (Å²) in [7, 11) is -4.01. The van der Waals surface area contributed by atoms with Gasteiger partial charge in [0, 0.05) is 0 Å². The number of ether oxygens (including phenoxy) is 1. The number of hydrogen-bond donors (Lipinski definition) is 2. The van der Waals surface area contributed by atoms with Crippen LogP contribution in [0.3, 0.4) is 0 Å². The van der Waals surface area contributed by atoms with Gasteiger partial charge in [-0.1, -0.05) is 6.92 Å². The highest BCUT2D eigenvalue weighted by Gasteiger charge is 2.18. The number of carbonyl (C=O) groups is 1. The van der Waals surface area contributed by atoms with Crippen molar-refractivity contribution in [2.45, 2.75) is 18.2 Å². The number of carboxylic acid groups (broad SMARTS) is 1. The minimum absolute atomic E-state index is 0.00711. The molecule has 0 radical (unpaired) electrons. The monoisotopic (exact) mass is 353 g/mol. The summed E-state index contributed by atoms with van der Waals surface area (Å²) in [6.45, 7) is 2.23. The number of anilines is 1. The smallest absolute Gasteiger partial charge is 0.335 e. The van der Waals surface area contributed by atoms with Crippen LogP contribution < -0.4 is 9.46 Å². The Bertz CT molecular complexity index is 834. The normalized spacial score (nSPS) is 11.1. The molecule has 0 aliphatic heterocycles. The zero-order chi connectivity index (χ0) is 17.7. The lowest BCUT2D eigenvalue weighted by Crippen LogP contribution is -2.14. The highest BCUT2D eigenvalue weighted by atomic mass is 32.2. The van der Waals surface area contributed by atoms with E-state index in [2.05, 4.69) is 4.72 Å². The Morgan fingerprint density at radius 2 is 1.88 bits per heavy atom. The second-order valence-electron chi connectivity index (χ2n) is 4.92. The molecule has 0 bridgehead atoms. The third-order valence-electron chi connectivity index (χ3n) is 3.06. The standard InChI is InChI=1S/C16H16FNO5S/c1-2-9-23-15-8-3-11(16(19)20)10-14(15)18-24(21,22)13-6-4-12(17)5-7-13/h3-8,10,18H,2,9H2,1H3,(H,19,20). The summed E-state index contributed by atoms with van der Waals surface area (Å²) < 4.78 is 45.4. The number of sulfonamides is 1. The van der Waals surface area contributed by atoms with Crippen molar-refractivity contribution in [2.24, 2.45) is 0 Å². The van der Waals surface area contributed by atoms with Gasteiger partial charge in [0.05, 0.1) is 22.8 Å². The predicted octanol–water partition coefficient (Wildman–Crippen LogP) is 3.11. The molecular weight excluding hydrogens is 337 g/mol. The molecule has 0 aliphatic carbocycles. The molecule has 8 heteroatoms. The Morgan fingerprint density at radius 3 is 2.46 bits per heavy atom. The number of carboxylic acids is 1. The van der Waals surface area contributed by atoms with Crippen LogP contribution in [-0.2, 0) is 10.0 Å². The van der Waals surface area contributed by atoms with E-state index in [1.165, 1.54) is 18.2 Å². The van der Waals surface area contributed by atoms with Gasteiger partial charge in [-0.25, -0.2) is 17.6 Å². The molecule has 0 unspecified atom stereocenters. The largest absolute Gasteiger partial charge is 0.491 e. The van der Waals surface area contributed by atoms with Gasteiger partial charge in [-0.15, -0.1) is 0 Å². The summed E-state index contributed by atoms with van der Waals surface area (Å²) in [5, 5.41) is 9.06. The van der Waals surface area contributed by atoms with Gasteiger partial charge in [-0.05, 0) is 48.9 Å². The highest BCUT2D eigenvalue weighted by Crippen LogP contribution is 2.28. The second-order valence-corrected chi connectivity index (χ2v) is 6.61. The van der Waals surface area contributed by atoms with Crippen molar-refractivity contribution in [3.05, 3.63) is 53.8 Å². The first-order valence-corrected chi connectivity index (χ1v) is 8.60. The fourth-order valence-electron chi connectivity index (χ4n) is 1.90. The molecular formula is C16H16FNO5S. The van der Waals surface area contributed by atoms with Gasteiger partial charge in [-0.2, -0.15) is 0 Å². The van der Waals surface area contributed by atoms with Crippen LogP contribution in [0.5, 0.6) is 5.75 Å². The lowest BCUT2D eigenvalue weighted by molar-refractivity contribution is 0.0697. The van der Waals surface area contributed by atoms with Gasteiger partial charge in [0.1, 0.15) is 11.6 Å². The second kappa shape index (κ2) is 7.31. The molecule has 2 aromatic carbocycles. The van der Waals surface area contributed by atoms with E-state index in [9.17, 15) is 17.6 Å². The SMILES string of the molecule is CCCOc1ccc(C(=O)O)cc1NS(=O)(=O)c1ccc(F)cc1. The first kappa shape index (κ1) is 17.7. The molecule has 0 fully saturated rings. The van der Waals surface area contributed by atoms with Crippen molar-refractivity contribution < 1.29 is 27.4 Å². The van der Waals surface area contributed by atoms with Crippen LogP contribution in [0.25, 0.3) is 0 Å². The predicted molar refractivity (Wildman–Crippen MR) is 86.4 cm³/mol. The first-order valence-electron chi connectivity index (χ1n) is 7.12. The van der Waals surface area contributed by atoms with Crippen LogP contribution in [0.4, 0.5) is 10.1 Å². The van der Waals surface area contributed by atoms with Crippen molar-refractivity contribution in [3.8, 4) is 5.75 Å². The van der Waals surface area contributed by atoms with Crippen molar-refractivity contribution in [1.82, 2.24) is 0 Å². The number of hydrogen-bond acceptors (Lipinski definition) is 4. The maximum Gasteiger partial charge on any atom is 0.335 e. The molecule has 2 rings (SSSR count). The van der Waals surface area contributed by atoms with Gasteiger partial charge < -0.3 is 9.84 Å². The van der Waals surface area contributed by atoms with E-state index in [0.29, 0.717) is 13.0 Å². The summed E-state index contributed by atoms with van der Waals surface area (Å²) in [5.74, 6) is -1.54. The van der Waals surface area contributed by atoms with E-state index in [1.54, 1.807) is 0 Å². The van der Waals surface area contributed by atoms with E-state index >= 15 is 0 Å². The maximum absolute atomic E-state index is 12.9. The van der Waals surface area contributed by atoms with Crippen LogP contribution in [0.1, 0.15) is 23.7 Å². The summed E-state index contributed by atoms with van der Waals surface area (Å²) in [6.07, 6.45) is 0.699. The Kier molecular flexibility index (Phi) is 5.40. The molecule has 0 aliphatic rings. The van der Waals surface area contributed by atoms with E-state index in [4.69, 9.17) is 9.84 Å². The number of rotatable bonds is 7. The van der Waals surface area contributed by atoms with E-state index < -0.39 is 21.8 Å². The van der Waals surface area contributed by atoms with Crippen LogP contribution in [0.2, 0.25) is 0 Å². The Labute approximate surface area is 138 Å². The zero-order valence-corrected chi connectivity index (χ0v) is 13.6. The van der Waals surface area contributed by atoms with E-state index in [1.807, 2.05) is 6.92 Å².